The average Bonchev–Trinajstić information content (AvgIpc) is 2.91. The van der Waals surface area contributed by atoms with Crippen LogP contribution in [0.3, 0.4) is 0 Å². The molecule has 1 N–H and O–H groups in total. The molecule has 2 unspecified atom stereocenters. The number of carbonyl (C=O) groups excluding carboxylic acids is 1. The summed E-state index contributed by atoms with van der Waals surface area (Å²) in [5.41, 5.74) is 1.15. The number of amides is 1. The van der Waals surface area contributed by atoms with Gasteiger partial charge in [-0.3, -0.25) is 4.79 Å². The minimum atomic E-state index is 0.171. The van der Waals surface area contributed by atoms with Gasteiger partial charge in [0.1, 0.15) is 0 Å². The molecule has 0 saturated carbocycles. The molecule has 3 rings (SSSR count). The Morgan fingerprint density at radius 3 is 2.58 bits per heavy atom. The molecule has 2 atom stereocenters. The first-order valence-electron chi connectivity index (χ1n) is 6.83. The summed E-state index contributed by atoms with van der Waals surface area (Å²) in [6, 6.07) is 3.63. The van der Waals surface area contributed by atoms with Crippen molar-refractivity contribution in [3.05, 3.63) is 20.3 Å². The van der Waals surface area contributed by atoms with Crippen molar-refractivity contribution in [1.29, 1.82) is 0 Å². The smallest absolute Gasteiger partial charge is 0.263 e. The van der Waals surface area contributed by atoms with E-state index < -0.39 is 0 Å². The normalized spacial score (nSPS) is 29.5. The zero-order chi connectivity index (χ0) is 13.6. The Kier molecular flexibility index (Phi) is 3.71. The van der Waals surface area contributed by atoms with Gasteiger partial charge in [-0.1, -0.05) is 0 Å². The molecule has 2 bridgehead atoms. The molecule has 104 valence electrons. The molecule has 0 radical (unpaired) electrons. The van der Waals surface area contributed by atoms with E-state index >= 15 is 0 Å². The van der Waals surface area contributed by atoms with Crippen molar-refractivity contribution in [2.45, 2.75) is 50.7 Å². The van der Waals surface area contributed by atoms with Gasteiger partial charge in [-0.25, -0.2) is 0 Å². The largest absolute Gasteiger partial charge is 0.338 e. The minimum Gasteiger partial charge on any atom is -0.338 e. The second kappa shape index (κ2) is 5.19. The molecule has 3 heterocycles. The zero-order valence-electron chi connectivity index (χ0n) is 11.3. The number of piperidine rings is 1. The molecule has 19 heavy (non-hydrogen) atoms. The van der Waals surface area contributed by atoms with E-state index in [1.165, 1.54) is 12.8 Å². The monoisotopic (exact) mass is 342 g/mol. The Morgan fingerprint density at radius 1 is 1.42 bits per heavy atom. The number of fused-ring (bicyclic) bond motifs is 2. The first-order chi connectivity index (χ1) is 9.04. The fourth-order valence-corrected chi connectivity index (χ4v) is 4.77. The highest BCUT2D eigenvalue weighted by atomic mass is 79.9. The van der Waals surface area contributed by atoms with Crippen molar-refractivity contribution in [3.63, 3.8) is 0 Å². The van der Waals surface area contributed by atoms with E-state index in [1.807, 2.05) is 24.9 Å². The molecule has 2 saturated heterocycles. The van der Waals surface area contributed by atoms with Crippen LogP contribution in [0, 0.1) is 6.92 Å². The summed E-state index contributed by atoms with van der Waals surface area (Å²) < 4.78 is 1.06. The standard InChI is InChI=1S/C14H19BrN2OS/c1-8-5-12(19-13(8)15)14(18)17(2)11-6-9-3-4-10(7-11)16-9/h5,9-11,16H,3-4,6-7H2,1-2H3. The van der Waals surface area contributed by atoms with Gasteiger partial charge < -0.3 is 10.2 Å². The van der Waals surface area contributed by atoms with Gasteiger partial charge in [0.2, 0.25) is 0 Å². The van der Waals surface area contributed by atoms with Crippen LogP contribution in [0.25, 0.3) is 0 Å². The van der Waals surface area contributed by atoms with Gasteiger partial charge in [-0.15, -0.1) is 11.3 Å². The SMILES string of the molecule is Cc1cc(C(=O)N(C)C2CC3CCC(C2)N3)sc1Br. The number of nitrogens with zero attached hydrogens (tertiary/aromatic N) is 1. The van der Waals surface area contributed by atoms with Gasteiger partial charge in [-0.05, 0) is 60.2 Å². The van der Waals surface area contributed by atoms with E-state index in [2.05, 4.69) is 21.2 Å². The third-order valence-electron chi connectivity index (χ3n) is 4.38. The first kappa shape index (κ1) is 13.6. The van der Waals surface area contributed by atoms with E-state index in [1.54, 1.807) is 11.3 Å². The van der Waals surface area contributed by atoms with E-state index in [9.17, 15) is 4.79 Å². The molecule has 2 aliphatic rings. The second-order valence-corrected chi connectivity index (χ2v) is 8.12. The van der Waals surface area contributed by atoms with Gasteiger partial charge >= 0.3 is 0 Å². The van der Waals surface area contributed by atoms with Crippen LogP contribution in [0.1, 0.15) is 40.9 Å². The number of halogens is 1. The minimum absolute atomic E-state index is 0.171. The Balaban J connectivity index is 1.73. The number of rotatable bonds is 2. The number of hydrogen-bond acceptors (Lipinski definition) is 3. The Labute approximate surface area is 126 Å². The molecule has 3 nitrogen and oxygen atoms in total. The van der Waals surface area contributed by atoms with Crippen LogP contribution in [0.5, 0.6) is 0 Å². The van der Waals surface area contributed by atoms with Crippen molar-refractivity contribution in [3.8, 4) is 0 Å². The second-order valence-electron chi connectivity index (χ2n) is 5.75. The Hall–Kier alpha value is -0.390. The van der Waals surface area contributed by atoms with E-state index in [0.29, 0.717) is 18.1 Å². The fraction of sp³-hybridized carbons (Fsp3) is 0.643. The van der Waals surface area contributed by atoms with E-state index in [0.717, 1.165) is 27.1 Å². The summed E-state index contributed by atoms with van der Waals surface area (Å²) in [4.78, 5) is 15.3. The molecule has 2 fully saturated rings. The van der Waals surface area contributed by atoms with Crippen LogP contribution < -0.4 is 5.32 Å². The van der Waals surface area contributed by atoms with Crippen LogP contribution in [0.15, 0.2) is 9.85 Å². The maximum Gasteiger partial charge on any atom is 0.263 e. The number of aryl methyl sites for hydroxylation is 1. The molecule has 5 heteroatoms. The number of hydrogen-bond donors (Lipinski definition) is 1. The topological polar surface area (TPSA) is 32.3 Å². The summed E-state index contributed by atoms with van der Waals surface area (Å²) in [7, 11) is 1.96. The molecule has 0 aromatic carbocycles. The first-order valence-corrected chi connectivity index (χ1v) is 8.44. The average molecular weight is 343 g/mol. The van der Waals surface area contributed by atoms with Gasteiger partial charge in [0, 0.05) is 25.2 Å². The lowest BCUT2D eigenvalue weighted by atomic mass is 9.98. The molecule has 1 aromatic heterocycles. The molecular weight excluding hydrogens is 324 g/mol. The quantitative estimate of drug-likeness (QED) is 0.895. The number of thiophene rings is 1. The summed E-state index contributed by atoms with van der Waals surface area (Å²) in [5.74, 6) is 0.171. The molecule has 1 aromatic rings. The van der Waals surface area contributed by atoms with Gasteiger partial charge in [0.15, 0.2) is 0 Å². The molecule has 1 amide bonds. The van der Waals surface area contributed by atoms with Crippen molar-refractivity contribution in [2.75, 3.05) is 7.05 Å². The molecule has 2 aliphatic heterocycles. The number of nitrogens with one attached hydrogen (secondary N) is 1. The maximum absolute atomic E-state index is 12.5. The van der Waals surface area contributed by atoms with Gasteiger partial charge in [-0.2, -0.15) is 0 Å². The van der Waals surface area contributed by atoms with Gasteiger partial charge in [0.25, 0.3) is 5.91 Å². The predicted molar refractivity (Wildman–Crippen MR) is 81.8 cm³/mol. The number of carbonyl (C=O) groups is 1. The fourth-order valence-electron chi connectivity index (χ4n) is 3.25. The van der Waals surface area contributed by atoms with E-state index in [-0.39, 0.29) is 5.91 Å². The predicted octanol–water partition coefficient (Wildman–Crippen LogP) is 3.17. The van der Waals surface area contributed by atoms with Crippen LogP contribution in [0.2, 0.25) is 0 Å². The zero-order valence-corrected chi connectivity index (χ0v) is 13.7. The summed E-state index contributed by atoms with van der Waals surface area (Å²) >= 11 is 5.04. The van der Waals surface area contributed by atoms with Crippen molar-refractivity contribution < 1.29 is 4.79 Å². The summed E-state index contributed by atoms with van der Waals surface area (Å²) in [5, 5.41) is 3.62. The highest BCUT2D eigenvalue weighted by Gasteiger charge is 2.36. The summed E-state index contributed by atoms with van der Waals surface area (Å²) in [6.45, 7) is 2.03. The lowest BCUT2D eigenvalue weighted by Crippen LogP contribution is -2.48. The highest BCUT2D eigenvalue weighted by Crippen LogP contribution is 2.32. The maximum atomic E-state index is 12.5. The van der Waals surface area contributed by atoms with Crippen LogP contribution in [-0.4, -0.2) is 36.0 Å². The van der Waals surface area contributed by atoms with Crippen molar-refractivity contribution in [2.24, 2.45) is 0 Å². The highest BCUT2D eigenvalue weighted by molar-refractivity contribution is 9.11. The Bertz CT molecular complexity index is 470. The molecular formula is C14H19BrN2OS. The van der Waals surface area contributed by atoms with Crippen molar-refractivity contribution >= 4 is 33.2 Å². The molecule has 0 aliphatic carbocycles. The van der Waals surface area contributed by atoms with Crippen LogP contribution in [-0.2, 0) is 0 Å². The third-order valence-corrected chi connectivity index (χ3v) is 6.51. The third kappa shape index (κ3) is 2.60. The molecule has 0 spiro atoms. The van der Waals surface area contributed by atoms with Crippen molar-refractivity contribution in [1.82, 2.24) is 10.2 Å². The van der Waals surface area contributed by atoms with Crippen LogP contribution in [0.4, 0.5) is 0 Å². The lowest BCUT2D eigenvalue weighted by Gasteiger charge is -2.35. The van der Waals surface area contributed by atoms with E-state index in [4.69, 9.17) is 0 Å². The van der Waals surface area contributed by atoms with Crippen LogP contribution >= 0.6 is 27.3 Å². The van der Waals surface area contributed by atoms with Gasteiger partial charge in [0.05, 0.1) is 8.66 Å². The summed E-state index contributed by atoms with van der Waals surface area (Å²) in [6.07, 6.45) is 4.74. The Morgan fingerprint density at radius 2 is 2.05 bits per heavy atom. The lowest BCUT2D eigenvalue weighted by molar-refractivity contribution is 0.0686.